The van der Waals surface area contributed by atoms with Crippen LogP contribution in [0.1, 0.15) is 54.9 Å². The Kier molecular flexibility index (Phi) is 15.0. The van der Waals surface area contributed by atoms with Crippen molar-refractivity contribution in [2.75, 3.05) is 10.6 Å². The number of allylic oxidation sites excluding steroid dienone is 2. The monoisotopic (exact) mass is 516 g/mol. The first-order valence-electron chi connectivity index (χ1n) is 13.0. The molecule has 0 heterocycles. The van der Waals surface area contributed by atoms with Crippen molar-refractivity contribution in [1.29, 1.82) is 0 Å². The van der Waals surface area contributed by atoms with Crippen LogP contribution >= 0.6 is 0 Å². The third-order valence-corrected chi connectivity index (χ3v) is 4.61. The Balaban J connectivity index is 0.00000172. The van der Waals surface area contributed by atoms with Gasteiger partial charge in [0.1, 0.15) is 23.0 Å². The van der Waals surface area contributed by atoms with Gasteiger partial charge in [0.2, 0.25) is 5.91 Å². The van der Waals surface area contributed by atoms with Gasteiger partial charge in [0.25, 0.3) is 5.91 Å². The van der Waals surface area contributed by atoms with E-state index in [0.29, 0.717) is 39.9 Å². The lowest BCUT2D eigenvalue weighted by Gasteiger charge is -2.10. The fourth-order valence-corrected chi connectivity index (χ4v) is 3.10. The number of benzene rings is 3. The minimum absolute atomic E-state index is 0.119. The van der Waals surface area contributed by atoms with Crippen molar-refractivity contribution < 1.29 is 19.1 Å². The number of carbonyl (C=O) groups is 2. The second-order valence-corrected chi connectivity index (χ2v) is 7.43. The molecule has 0 unspecified atom stereocenters. The molecule has 0 aliphatic carbocycles. The Morgan fingerprint density at radius 2 is 1.05 bits per heavy atom. The van der Waals surface area contributed by atoms with Crippen LogP contribution in [-0.2, 0) is 9.59 Å². The molecule has 0 atom stereocenters. The highest BCUT2D eigenvalue weighted by molar-refractivity contribution is 6.05. The molecule has 3 aromatic carbocycles. The highest BCUT2D eigenvalue weighted by Crippen LogP contribution is 2.28. The molecule has 6 heteroatoms. The summed E-state index contributed by atoms with van der Waals surface area (Å²) < 4.78 is 11.7. The van der Waals surface area contributed by atoms with E-state index in [0.717, 1.165) is 6.42 Å². The molecule has 0 radical (unpaired) electrons. The van der Waals surface area contributed by atoms with Crippen LogP contribution in [0.25, 0.3) is 0 Å². The van der Waals surface area contributed by atoms with Crippen molar-refractivity contribution in [1.82, 2.24) is 0 Å². The summed E-state index contributed by atoms with van der Waals surface area (Å²) in [5, 5.41) is 5.61. The molecule has 3 rings (SSSR count). The maximum absolute atomic E-state index is 12.4. The summed E-state index contributed by atoms with van der Waals surface area (Å²) in [5.41, 5.74) is 2.04. The number of carbonyl (C=O) groups excluding carboxylic acids is 2. The van der Waals surface area contributed by atoms with Gasteiger partial charge in [0.05, 0.1) is 0 Å². The van der Waals surface area contributed by atoms with Crippen LogP contribution in [-0.4, -0.2) is 11.8 Å². The zero-order valence-electron chi connectivity index (χ0n) is 23.5. The van der Waals surface area contributed by atoms with E-state index in [4.69, 9.17) is 9.47 Å². The molecule has 0 saturated heterocycles. The van der Waals surface area contributed by atoms with E-state index in [9.17, 15) is 9.59 Å². The number of anilines is 2. The Hall–Kier alpha value is -4.32. The summed E-state index contributed by atoms with van der Waals surface area (Å²) in [4.78, 5) is 23.5. The molecule has 6 nitrogen and oxygen atoms in total. The topological polar surface area (TPSA) is 76.7 Å². The van der Waals surface area contributed by atoms with Crippen molar-refractivity contribution in [3.05, 3.63) is 96.6 Å². The van der Waals surface area contributed by atoms with Crippen molar-refractivity contribution in [2.45, 2.75) is 54.9 Å². The highest BCUT2D eigenvalue weighted by atomic mass is 16.5. The van der Waals surface area contributed by atoms with Crippen molar-refractivity contribution >= 4 is 23.2 Å². The average molecular weight is 517 g/mol. The Morgan fingerprint density at radius 1 is 0.684 bits per heavy atom. The van der Waals surface area contributed by atoms with E-state index in [2.05, 4.69) is 10.6 Å². The van der Waals surface area contributed by atoms with Gasteiger partial charge in [-0.3, -0.25) is 9.59 Å². The average Bonchev–Trinajstić information content (AvgIpc) is 2.94. The number of ether oxygens (including phenoxy) is 2. The summed E-state index contributed by atoms with van der Waals surface area (Å²) in [6.07, 6.45) is 6.32. The normalized spacial score (nSPS) is 10.3. The van der Waals surface area contributed by atoms with Gasteiger partial charge in [-0.15, -0.1) is 0 Å². The third-order valence-electron chi connectivity index (χ3n) is 4.61. The Morgan fingerprint density at radius 3 is 1.39 bits per heavy atom. The van der Waals surface area contributed by atoms with Crippen LogP contribution in [0.5, 0.6) is 23.0 Å². The van der Waals surface area contributed by atoms with E-state index in [1.165, 1.54) is 6.92 Å². The summed E-state index contributed by atoms with van der Waals surface area (Å²) >= 11 is 0. The second-order valence-electron chi connectivity index (χ2n) is 7.43. The number of amides is 2. The van der Waals surface area contributed by atoms with Crippen LogP contribution in [0, 0.1) is 0 Å². The van der Waals surface area contributed by atoms with Gasteiger partial charge < -0.3 is 20.1 Å². The molecule has 202 valence electrons. The van der Waals surface area contributed by atoms with E-state index in [-0.39, 0.29) is 11.8 Å². The number of nitrogens with one attached hydrogen (secondary N) is 2. The molecule has 0 aromatic heterocycles. The first-order valence-corrected chi connectivity index (χ1v) is 13.0. The summed E-state index contributed by atoms with van der Waals surface area (Å²) in [6, 6.07) is 21.6. The number of rotatable bonds is 9. The predicted octanol–water partition coefficient (Wildman–Crippen LogP) is 9.13. The lowest BCUT2D eigenvalue weighted by Crippen LogP contribution is -2.13. The zero-order valence-corrected chi connectivity index (χ0v) is 23.5. The summed E-state index contributed by atoms with van der Waals surface area (Å²) in [6.45, 7) is 13.3. The molecule has 3 aromatic rings. The lowest BCUT2D eigenvalue weighted by atomic mass is 10.2. The molecular weight excluding hydrogens is 476 g/mol. The minimum Gasteiger partial charge on any atom is -0.457 e. The maximum atomic E-state index is 12.4. The number of hydrogen-bond acceptors (Lipinski definition) is 4. The Bertz CT molecular complexity index is 1160. The molecule has 38 heavy (non-hydrogen) atoms. The lowest BCUT2D eigenvalue weighted by molar-refractivity contribution is -0.114. The summed E-state index contributed by atoms with van der Waals surface area (Å²) in [7, 11) is 0. The van der Waals surface area contributed by atoms with Crippen LogP contribution in [0.3, 0.4) is 0 Å². The van der Waals surface area contributed by atoms with E-state index in [1.54, 1.807) is 54.6 Å². The highest BCUT2D eigenvalue weighted by Gasteiger charge is 2.07. The smallest absolute Gasteiger partial charge is 0.255 e. The SMILES string of the molecule is C/C=C\C(=C/CC)C(=O)Nc1ccc(Oc2ccc(Oc3ccc(NC(C)=O)cc3)cc2)cc1.CC.CC. The molecule has 0 saturated carbocycles. The van der Waals surface area contributed by atoms with E-state index >= 15 is 0 Å². The van der Waals surface area contributed by atoms with E-state index in [1.807, 2.05) is 78.0 Å². The Labute approximate surface area is 227 Å². The molecule has 2 N–H and O–H groups in total. The third kappa shape index (κ3) is 11.2. The van der Waals surface area contributed by atoms with E-state index < -0.39 is 0 Å². The molecule has 2 amide bonds. The fraction of sp³-hybridized carbons (Fsp3) is 0.250. The van der Waals surface area contributed by atoms with Crippen LogP contribution in [0.2, 0.25) is 0 Å². The summed E-state index contributed by atoms with van der Waals surface area (Å²) in [5.74, 6) is 2.37. The second kappa shape index (κ2) is 18.0. The van der Waals surface area contributed by atoms with Crippen LogP contribution < -0.4 is 20.1 Å². The van der Waals surface area contributed by atoms with Crippen molar-refractivity contribution in [3.8, 4) is 23.0 Å². The maximum Gasteiger partial charge on any atom is 0.255 e. The van der Waals surface area contributed by atoms with Crippen molar-refractivity contribution in [2.24, 2.45) is 0 Å². The predicted molar refractivity (Wildman–Crippen MR) is 158 cm³/mol. The minimum atomic E-state index is -0.144. The van der Waals surface area contributed by atoms with Gasteiger partial charge in [-0.1, -0.05) is 52.8 Å². The molecule has 0 spiro atoms. The quantitative estimate of drug-likeness (QED) is 0.220. The molecule has 0 aliphatic rings. The molecule has 0 bridgehead atoms. The molecule has 0 fully saturated rings. The van der Waals surface area contributed by atoms with Gasteiger partial charge in [0, 0.05) is 23.9 Å². The van der Waals surface area contributed by atoms with Crippen LogP contribution in [0.4, 0.5) is 11.4 Å². The molecule has 0 aliphatic heterocycles. The van der Waals surface area contributed by atoms with Gasteiger partial charge in [-0.25, -0.2) is 0 Å². The number of hydrogen-bond donors (Lipinski definition) is 2. The van der Waals surface area contributed by atoms with Gasteiger partial charge in [0.15, 0.2) is 0 Å². The van der Waals surface area contributed by atoms with Gasteiger partial charge in [-0.05, 0) is 86.1 Å². The first kappa shape index (κ1) is 31.7. The van der Waals surface area contributed by atoms with Gasteiger partial charge >= 0.3 is 0 Å². The van der Waals surface area contributed by atoms with Crippen LogP contribution in [0.15, 0.2) is 96.6 Å². The standard InChI is InChI=1S/C28H28N2O4.2C2H6/c1-4-6-21(7-5-2)28(32)30-23-10-14-25(15-11-23)34-27-18-16-26(17-19-27)33-24-12-8-22(9-13-24)29-20(3)31;2*1-2/h4,6-19H,5H2,1-3H3,(H,29,31)(H,30,32);2*1-2H3/b6-4-,21-7+;;. The van der Waals surface area contributed by atoms with Gasteiger partial charge in [-0.2, -0.15) is 0 Å². The molecular formula is C32H40N2O4. The largest absolute Gasteiger partial charge is 0.457 e. The van der Waals surface area contributed by atoms with Crippen molar-refractivity contribution in [3.63, 3.8) is 0 Å². The zero-order chi connectivity index (χ0) is 28.3. The first-order chi connectivity index (χ1) is 18.5. The fourth-order valence-electron chi connectivity index (χ4n) is 3.10.